The number of amidine groups is 1. The molecule has 0 saturated carbocycles. The van der Waals surface area contributed by atoms with Crippen LogP contribution in [0.3, 0.4) is 0 Å². The SMILES string of the molecule is CCn1cc(-c2cccc(C(=O)NCCCCCCCCNc3ccc4c(c3)C(=O)N(C3CCC(=O)NC3=O)C4=O)c2)c2sc(C(=N)NC3CCS(=O)(=O)CC3)cc2c1=O. The number of thiophene rings is 1. The maximum Gasteiger partial charge on any atom is 0.262 e. The lowest BCUT2D eigenvalue weighted by molar-refractivity contribution is -0.136. The lowest BCUT2D eigenvalue weighted by Crippen LogP contribution is -2.54. The van der Waals surface area contributed by atoms with Gasteiger partial charge in [-0.3, -0.25) is 44.4 Å². The molecule has 5 amide bonds. The first-order chi connectivity index (χ1) is 28.8. The van der Waals surface area contributed by atoms with E-state index in [0.717, 1.165) is 59.3 Å². The minimum Gasteiger partial charge on any atom is -0.385 e. The molecule has 0 spiro atoms. The Labute approximate surface area is 351 Å². The highest BCUT2D eigenvalue weighted by molar-refractivity contribution is 7.91. The third kappa shape index (κ3) is 9.36. The molecule has 5 heterocycles. The zero-order valence-electron chi connectivity index (χ0n) is 33.4. The van der Waals surface area contributed by atoms with Gasteiger partial charge in [-0.1, -0.05) is 37.8 Å². The van der Waals surface area contributed by atoms with E-state index in [1.165, 1.54) is 11.3 Å². The van der Waals surface area contributed by atoms with E-state index in [9.17, 15) is 37.2 Å². The lowest BCUT2D eigenvalue weighted by atomic mass is 10.0. The molecule has 2 aromatic carbocycles. The summed E-state index contributed by atoms with van der Waals surface area (Å²) in [4.78, 5) is 78.0. The summed E-state index contributed by atoms with van der Waals surface area (Å²) in [6.07, 6.45) is 8.59. The molecule has 3 aliphatic rings. The number of hydrogen-bond acceptors (Lipinski definition) is 11. The number of aromatic nitrogens is 1. The number of aryl methyl sites for hydroxylation is 1. The molecule has 3 aliphatic heterocycles. The number of unbranched alkanes of at least 4 members (excludes halogenated alkanes) is 5. The molecule has 2 aromatic heterocycles. The van der Waals surface area contributed by atoms with Gasteiger partial charge in [0, 0.05) is 59.8 Å². The van der Waals surface area contributed by atoms with Crippen LogP contribution in [0.1, 0.15) is 107 Å². The van der Waals surface area contributed by atoms with E-state index in [2.05, 4.69) is 21.3 Å². The highest BCUT2D eigenvalue weighted by Crippen LogP contribution is 2.34. The van der Waals surface area contributed by atoms with Gasteiger partial charge in [-0.05, 0) is 81.0 Å². The van der Waals surface area contributed by atoms with Crippen LogP contribution in [0.4, 0.5) is 5.69 Å². The Kier molecular flexibility index (Phi) is 12.9. The number of amides is 5. The van der Waals surface area contributed by atoms with Crippen LogP contribution in [0, 0.1) is 5.41 Å². The number of fused-ring (bicyclic) bond motifs is 2. The molecular formula is C43H49N7O8S2. The van der Waals surface area contributed by atoms with Crippen LogP contribution < -0.4 is 26.8 Å². The number of pyridine rings is 1. The van der Waals surface area contributed by atoms with E-state index in [1.807, 2.05) is 25.1 Å². The van der Waals surface area contributed by atoms with Gasteiger partial charge in [0.1, 0.15) is 21.7 Å². The summed E-state index contributed by atoms with van der Waals surface area (Å²) in [5.41, 5.74) is 3.13. The first-order valence-electron chi connectivity index (χ1n) is 20.5. The van der Waals surface area contributed by atoms with Crippen LogP contribution in [0.15, 0.2) is 59.5 Å². The highest BCUT2D eigenvalue weighted by atomic mass is 32.2. The van der Waals surface area contributed by atoms with E-state index in [0.29, 0.717) is 54.0 Å². The fourth-order valence-electron chi connectivity index (χ4n) is 7.95. The number of carbonyl (C=O) groups excluding carboxylic acids is 5. The Morgan fingerprint density at radius 3 is 2.32 bits per heavy atom. The van der Waals surface area contributed by atoms with Gasteiger partial charge in [0.25, 0.3) is 23.3 Å². The molecule has 1 atom stereocenters. The first-order valence-corrected chi connectivity index (χ1v) is 23.2. The third-order valence-electron chi connectivity index (χ3n) is 11.3. The van der Waals surface area contributed by atoms with E-state index in [-0.39, 0.29) is 58.8 Å². The number of nitrogens with zero attached hydrogens (tertiary/aromatic N) is 2. The molecule has 17 heteroatoms. The summed E-state index contributed by atoms with van der Waals surface area (Å²) in [6.45, 7) is 3.56. The predicted octanol–water partition coefficient (Wildman–Crippen LogP) is 4.83. The molecule has 60 heavy (non-hydrogen) atoms. The van der Waals surface area contributed by atoms with Crippen molar-refractivity contribution in [2.24, 2.45) is 0 Å². The Balaban J connectivity index is 0.847. The number of imide groups is 2. The highest BCUT2D eigenvalue weighted by Gasteiger charge is 2.44. The number of hydrogen-bond donors (Lipinski definition) is 5. The molecule has 0 aliphatic carbocycles. The van der Waals surface area contributed by atoms with Crippen molar-refractivity contribution < 1.29 is 32.4 Å². The van der Waals surface area contributed by atoms with E-state index in [1.54, 1.807) is 41.1 Å². The van der Waals surface area contributed by atoms with Crippen molar-refractivity contribution in [1.29, 1.82) is 5.41 Å². The summed E-state index contributed by atoms with van der Waals surface area (Å²) in [5.74, 6) is -1.94. The maximum atomic E-state index is 13.3. The van der Waals surface area contributed by atoms with Gasteiger partial charge in [-0.25, -0.2) is 8.42 Å². The molecule has 316 valence electrons. The molecule has 2 fully saturated rings. The average molecular weight is 856 g/mol. The topological polar surface area (TPSA) is 217 Å². The summed E-state index contributed by atoms with van der Waals surface area (Å²) >= 11 is 1.33. The number of piperidine rings is 1. The Morgan fingerprint density at radius 2 is 1.58 bits per heavy atom. The second kappa shape index (κ2) is 18.3. The third-order valence-corrected chi connectivity index (χ3v) is 14.2. The van der Waals surface area contributed by atoms with E-state index in [4.69, 9.17) is 5.41 Å². The molecule has 5 N–H and O–H groups in total. The number of rotatable bonds is 16. The van der Waals surface area contributed by atoms with Gasteiger partial charge < -0.3 is 20.5 Å². The van der Waals surface area contributed by atoms with Crippen molar-refractivity contribution in [1.82, 2.24) is 25.4 Å². The van der Waals surface area contributed by atoms with Gasteiger partial charge in [0.05, 0.1) is 32.9 Å². The van der Waals surface area contributed by atoms with Gasteiger partial charge >= 0.3 is 0 Å². The fourth-order valence-corrected chi connectivity index (χ4v) is 10.5. The van der Waals surface area contributed by atoms with Crippen LogP contribution in [0.25, 0.3) is 21.2 Å². The lowest BCUT2D eigenvalue weighted by Gasteiger charge is -2.27. The molecule has 1 unspecified atom stereocenters. The van der Waals surface area contributed by atoms with Crippen LogP contribution in [0.2, 0.25) is 0 Å². The van der Waals surface area contributed by atoms with Gasteiger partial charge in [0.15, 0.2) is 0 Å². The number of anilines is 1. The second-order valence-electron chi connectivity index (χ2n) is 15.5. The zero-order valence-corrected chi connectivity index (χ0v) is 35.1. The summed E-state index contributed by atoms with van der Waals surface area (Å²) in [5, 5.41) is 20.9. The molecular weight excluding hydrogens is 807 g/mol. The van der Waals surface area contributed by atoms with Gasteiger partial charge in [0.2, 0.25) is 11.8 Å². The quantitative estimate of drug-likeness (QED) is 0.0448. The Hall–Kier alpha value is -5.68. The van der Waals surface area contributed by atoms with E-state index < -0.39 is 39.5 Å². The summed E-state index contributed by atoms with van der Waals surface area (Å²) < 4.78 is 26.1. The van der Waals surface area contributed by atoms with Crippen molar-refractivity contribution in [2.45, 2.75) is 89.8 Å². The van der Waals surface area contributed by atoms with Crippen molar-refractivity contribution in [2.75, 3.05) is 29.9 Å². The second-order valence-corrected chi connectivity index (χ2v) is 18.9. The number of sulfone groups is 1. The normalized spacial score (nSPS) is 17.8. The fraction of sp³-hybridized carbons (Fsp3) is 0.419. The van der Waals surface area contributed by atoms with Crippen LogP contribution in [-0.2, 0) is 26.0 Å². The zero-order chi connectivity index (χ0) is 42.6. The summed E-state index contributed by atoms with van der Waals surface area (Å²) in [6, 6.07) is 12.9. The average Bonchev–Trinajstić information content (AvgIpc) is 3.79. The standard InChI is InChI=1S/C43H49N7O8S2/c1-2-49-25-33(37-32(41(49)54)24-35(59-37)38(44)47-28-16-20-60(57,58)21-17-28)26-10-9-11-27(22-26)39(52)46-19-8-6-4-3-5-7-18-45-29-12-13-30-31(23-29)43(56)50(42(30)55)34-14-15-36(51)48-40(34)53/h9-13,22-25,28,34,45H,2-8,14-21H2,1H3,(H2,44,47)(H,46,52)(H,48,51,53). The molecule has 0 radical (unpaired) electrons. The van der Waals surface area contributed by atoms with Crippen LogP contribution >= 0.6 is 11.3 Å². The number of carbonyl (C=O) groups is 5. The molecule has 2 saturated heterocycles. The Bertz CT molecular complexity index is 2530. The van der Waals surface area contributed by atoms with Crippen molar-refractivity contribution in [3.05, 3.63) is 86.6 Å². The molecule has 7 rings (SSSR count). The molecule has 4 aromatic rings. The van der Waals surface area contributed by atoms with Crippen LogP contribution in [0.5, 0.6) is 0 Å². The minimum absolute atomic E-state index is 0.0715. The summed E-state index contributed by atoms with van der Waals surface area (Å²) in [7, 11) is -3.03. The van der Waals surface area contributed by atoms with Gasteiger partial charge in [-0.2, -0.15) is 0 Å². The van der Waals surface area contributed by atoms with E-state index >= 15 is 0 Å². The van der Waals surface area contributed by atoms with Crippen LogP contribution in [-0.4, -0.2) is 89.9 Å². The van der Waals surface area contributed by atoms with Crippen molar-refractivity contribution >= 4 is 72.3 Å². The number of nitrogens with one attached hydrogen (secondary N) is 5. The first kappa shape index (κ1) is 42.4. The minimum atomic E-state index is -3.03. The predicted molar refractivity (Wildman–Crippen MR) is 230 cm³/mol. The number of benzene rings is 2. The largest absolute Gasteiger partial charge is 0.385 e. The van der Waals surface area contributed by atoms with Crippen molar-refractivity contribution in [3.63, 3.8) is 0 Å². The molecule has 0 bridgehead atoms. The Morgan fingerprint density at radius 1 is 0.867 bits per heavy atom. The van der Waals surface area contributed by atoms with Crippen molar-refractivity contribution in [3.8, 4) is 11.1 Å². The maximum absolute atomic E-state index is 13.3. The smallest absolute Gasteiger partial charge is 0.262 e. The molecule has 15 nitrogen and oxygen atoms in total. The monoisotopic (exact) mass is 855 g/mol. The van der Waals surface area contributed by atoms with Gasteiger partial charge in [-0.15, -0.1) is 11.3 Å².